The first kappa shape index (κ1) is 21.1. The summed E-state index contributed by atoms with van der Waals surface area (Å²) in [4.78, 5) is 26.0. The maximum Gasteiger partial charge on any atom is 0.330 e. The van der Waals surface area contributed by atoms with Crippen molar-refractivity contribution in [3.05, 3.63) is 33.1 Å². The van der Waals surface area contributed by atoms with Crippen LogP contribution in [-0.4, -0.2) is 40.8 Å². The predicted octanol–water partition coefficient (Wildman–Crippen LogP) is 2.38. The third kappa shape index (κ3) is 3.60. The van der Waals surface area contributed by atoms with Crippen LogP contribution in [0.15, 0.2) is 21.9 Å². The summed E-state index contributed by atoms with van der Waals surface area (Å²) in [6, 6.07) is 1.28. The Balaban J connectivity index is 2.52. The number of nitrogens with one attached hydrogen (secondary N) is 1. The van der Waals surface area contributed by atoms with Gasteiger partial charge < -0.3 is 14.3 Å². The number of H-pyrrole nitrogens is 1. The molecule has 0 aliphatic carbocycles. The fourth-order valence-electron chi connectivity index (χ4n) is 3.15. The Kier molecular flexibility index (Phi) is 5.73. The Morgan fingerprint density at radius 3 is 2.35 bits per heavy atom. The van der Waals surface area contributed by atoms with E-state index in [4.69, 9.17) is 9.16 Å². The molecule has 2 heterocycles. The highest BCUT2D eigenvalue weighted by Crippen LogP contribution is 2.46. The number of hydrogen-bond donors (Lipinski definition) is 2. The molecule has 1 fully saturated rings. The second-order valence-corrected chi connectivity index (χ2v) is 13.3. The minimum Gasteiger partial charge on any atom is -0.407 e. The van der Waals surface area contributed by atoms with Crippen LogP contribution in [-0.2, 0) is 9.16 Å². The van der Waals surface area contributed by atoms with Crippen molar-refractivity contribution < 1.29 is 14.3 Å². The molecule has 1 aliphatic heterocycles. The van der Waals surface area contributed by atoms with Gasteiger partial charge in [0.2, 0.25) is 0 Å². The van der Waals surface area contributed by atoms with E-state index in [0.29, 0.717) is 12.8 Å². The Morgan fingerprint density at radius 1 is 1.31 bits per heavy atom. The molecule has 8 heteroatoms. The molecular formula is C18H32N2O5Si. The number of aliphatic hydroxyl groups is 1. The average molecular weight is 385 g/mol. The first-order chi connectivity index (χ1) is 11.9. The van der Waals surface area contributed by atoms with E-state index in [9.17, 15) is 14.7 Å². The van der Waals surface area contributed by atoms with Gasteiger partial charge >= 0.3 is 5.69 Å². The van der Waals surface area contributed by atoms with Gasteiger partial charge in [-0.15, -0.1) is 0 Å². The number of aromatic nitrogens is 2. The van der Waals surface area contributed by atoms with Crippen LogP contribution in [0.3, 0.4) is 0 Å². The summed E-state index contributed by atoms with van der Waals surface area (Å²) < 4.78 is 14.0. The minimum absolute atomic E-state index is 0.0586. The van der Waals surface area contributed by atoms with Gasteiger partial charge in [-0.1, -0.05) is 34.6 Å². The Bertz CT molecular complexity index is 745. The van der Waals surface area contributed by atoms with Gasteiger partial charge in [-0.3, -0.25) is 14.3 Å². The maximum absolute atomic E-state index is 12.3. The molecule has 7 nitrogen and oxygen atoms in total. The Labute approximate surface area is 155 Å². The van der Waals surface area contributed by atoms with E-state index in [2.05, 4.69) is 38.8 Å². The van der Waals surface area contributed by atoms with Crippen LogP contribution in [0, 0.1) is 0 Å². The zero-order valence-electron chi connectivity index (χ0n) is 16.8. The van der Waals surface area contributed by atoms with Crippen molar-refractivity contribution in [2.45, 2.75) is 89.6 Å². The average Bonchev–Trinajstić information content (AvgIpc) is 2.79. The summed E-state index contributed by atoms with van der Waals surface area (Å²) >= 11 is 0. The van der Waals surface area contributed by atoms with Crippen molar-refractivity contribution in [2.75, 3.05) is 0 Å². The van der Waals surface area contributed by atoms with E-state index in [1.807, 2.05) is 13.8 Å². The largest absolute Gasteiger partial charge is 0.407 e. The van der Waals surface area contributed by atoms with E-state index >= 15 is 0 Å². The normalized spacial score (nSPS) is 26.2. The van der Waals surface area contributed by atoms with Gasteiger partial charge in [0.25, 0.3) is 5.56 Å². The van der Waals surface area contributed by atoms with Crippen LogP contribution in [0.25, 0.3) is 0 Å². The summed E-state index contributed by atoms with van der Waals surface area (Å²) in [6.07, 6.45) is 0.258. The molecule has 1 aliphatic rings. The smallest absolute Gasteiger partial charge is 0.330 e. The number of aliphatic hydroxyl groups excluding tert-OH is 1. The molecule has 0 radical (unpaired) electrons. The molecule has 2 rings (SSSR count). The van der Waals surface area contributed by atoms with Gasteiger partial charge in [-0.25, -0.2) is 4.79 Å². The molecule has 1 aromatic heterocycles. The van der Waals surface area contributed by atoms with Crippen molar-refractivity contribution in [1.82, 2.24) is 9.55 Å². The van der Waals surface area contributed by atoms with E-state index in [1.165, 1.54) is 16.8 Å². The molecule has 1 aromatic rings. The Hall–Kier alpha value is -1.22. The zero-order chi connectivity index (χ0) is 19.9. The second kappa shape index (κ2) is 7.07. The lowest BCUT2D eigenvalue weighted by Gasteiger charge is -2.40. The van der Waals surface area contributed by atoms with Gasteiger partial charge in [-0.05, 0) is 31.0 Å². The Morgan fingerprint density at radius 2 is 1.88 bits per heavy atom. The molecule has 0 aromatic carbocycles. The summed E-state index contributed by atoms with van der Waals surface area (Å²) in [7, 11) is -2.23. The van der Waals surface area contributed by atoms with Crippen molar-refractivity contribution in [3.63, 3.8) is 0 Å². The summed E-state index contributed by atoms with van der Waals surface area (Å²) in [5.41, 5.74) is -1.82. The zero-order valence-corrected chi connectivity index (χ0v) is 17.8. The fraction of sp³-hybridized carbons (Fsp3) is 0.778. The van der Waals surface area contributed by atoms with Gasteiger partial charge in [0.05, 0.1) is 5.60 Å². The topological polar surface area (TPSA) is 93.6 Å². The number of aromatic amines is 1. The first-order valence-corrected chi connectivity index (χ1v) is 12.1. The number of nitrogens with zero attached hydrogens (tertiary/aromatic N) is 1. The summed E-state index contributed by atoms with van der Waals surface area (Å²) in [6.45, 7) is 14.5. The number of rotatable bonds is 5. The van der Waals surface area contributed by atoms with Crippen molar-refractivity contribution >= 4 is 8.32 Å². The molecule has 0 amide bonds. The highest BCUT2D eigenvalue weighted by atomic mass is 28.4. The molecular weight excluding hydrogens is 352 g/mol. The minimum atomic E-state index is -2.23. The third-order valence-electron chi connectivity index (χ3n) is 6.05. The van der Waals surface area contributed by atoms with Crippen molar-refractivity contribution in [3.8, 4) is 0 Å². The second-order valence-electron chi connectivity index (χ2n) is 8.59. The molecule has 1 saturated heterocycles. The van der Waals surface area contributed by atoms with Crippen LogP contribution in [0.4, 0.5) is 0 Å². The van der Waals surface area contributed by atoms with Gasteiger partial charge in [-0.2, -0.15) is 0 Å². The highest BCUT2D eigenvalue weighted by Gasteiger charge is 2.56. The fourth-order valence-corrected chi connectivity index (χ4v) is 4.43. The third-order valence-corrected chi connectivity index (χ3v) is 10.5. The summed E-state index contributed by atoms with van der Waals surface area (Å²) in [5.74, 6) is 0. The lowest BCUT2D eigenvalue weighted by atomic mass is 9.90. The molecule has 3 atom stereocenters. The lowest BCUT2D eigenvalue weighted by Crippen LogP contribution is -2.51. The quantitative estimate of drug-likeness (QED) is 0.760. The molecule has 148 valence electrons. The molecule has 0 spiro atoms. The first-order valence-electron chi connectivity index (χ1n) is 9.23. The van der Waals surface area contributed by atoms with E-state index < -0.39 is 43.6 Å². The molecule has 2 N–H and O–H groups in total. The molecule has 0 bridgehead atoms. The maximum atomic E-state index is 12.3. The lowest BCUT2D eigenvalue weighted by molar-refractivity contribution is -0.109. The van der Waals surface area contributed by atoms with Gasteiger partial charge in [0.15, 0.2) is 14.5 Å². The van der Waals surface area contributed by atoms with Crippen molar-refractivity contribution in [1.29, 1.82) is 0 Å². The summed E-state index contributed by atoms with van der Waals surface area (Å²) in [5, 5.41) is 11.0. The van der Waals surface area contributed by atoms with Crippen molar-refractivity contribution in [2.24, 2.45) is 0 Å². The highest BCUT2D eigenvalue weighted by molar-refractivity contribution is 6.74. The van der Waals surface area contributed by atoms with Crippen LogP contribution < -0.4 is 11.2 Å². The van der Waals surface area contributed by atoms with E-state index in [-0.39, 0.29) is 5.04 Å². The molecule has 0 saturated carbocycles. The van der Waals surface area contributed by atoms with Crippen LogP contribution in [0.5, 0.6) is 0 Å². The van der Waals surface area contributed by atoms with E-state index in [1.54, 1.807) is 0 Å². The molecule has 26 heavy (non-hydrogen) atoms. The monoisotopic (exact) mass is 384 g/mol. The molecule has 1 unspecified atom stereocenters. The predicted molar refractivity (Wildman–Crippen MR) is 103 cm³/mol. The van der Waals surface area contributed by atoms with Gasteiger partial charge in [0, 0.05) is 12.3 Å². The number of ether oxygens (including phenoxy) is 1. The van der Waals surface area contributed by atoms with Crippen LogP contribution >= 0.6 is 0 Å². The van der Waals surface area contributed by atoms with Crippen LogP contribution in [0.2, 0.25) is 18.1 Å². The van der Waals surface area contributed by atoms with Crippen LogP contribution in [0.1, 0.15) is 53.7 Å². The standard InChI is InChI=1S/C18H32N2O5Si/c1-8-18(9-2)14(22)13(25-26(6,7)17(3,4)5)15(24-18)20-11-10-12(21)19-16(20)23/h10-11,13-15,22H,8-9H2,1-7H3,(H,19,21,23)/t13-,14?,15+/m0/s1. The van der Waals surface area contributed by atoms with Gasteiger partial charge in [0.1, 0.15) is 12.2 Å². The SMILES string of the molecule is CCC1(CC)O[C@@H](n2ccc(=O)[nH]c2=O)[C@@H](O[Si](C)(C)C(C)(C)C)C1O. The van der Waals surface area contributed by atoms with E-state index in [0.717, 1.165) is 0 Å². The number of hydrogen-bond acceptors (Lipinski definition) is 5.